The lowest BCUT2D eigenvalue weighted by Crippen LogP contribution is -2.62. The van der Waals surface area contributed by atoms with E-state index in [1.54, 1.807) is 0 Å². The van der Waals surface area contributed by atoms with Crippen LogP contribution in [-0.4, -0.2) is 18.0 Å². The SMILES string of the molecule is C[C@]12CC3CC(C(=O)N[C@H]4CC[C@@H](N)CC4)(C1)C[C@@](c1ccccc1)(C3)C2. The molecule has 0 radical (unpaired) electrons. The number of nitrogens with two attached hydrogens (primary N) is 1. The summed E-state index contributed by atoms with van der Waals surface area (Å²) in [5.74, 6) is 1.07. The van der Waals surface area contributed by atoms with Crippen LogP contribution in [0.3, 0.4) is 0 Å². The summed E-state index contributed by atoms with van der Waals surface area (Å²) < 4.78 is 0. The number of hydrogen-bond donors (Lipinski definition) is 2. The van der Waals surface area contributed by atoms with E-state index in [4.69, 9.17) is 5.73 Å². The molecule has 0 spiro atoms. The van der Waals surface area contributed by atoms with E-state index < -0.39 is 0 Å². The molecule has 3 heteroatoms. The van der Waals surface area contributed by atoms with E-state index in [0.29, 0.717) is 29.3 Å². The lowest BCUT2D eigenvalue weighted by molar-refractivity contribution is -0.161. The van der Waals surface area contributed by atoms with E-state index in [-0.39, 0.29) is 10.8 Å². The number of hydrogen-bond acceptors (Lipinski definition) is 2. The van der Waals surface area contributed by atoms with Crippen LogP contribution in [-0.2, 0) is 10.2 Å². The van der Waals surface area contributed by atoms with E-state index in [0.717, 1.165) is 44.9 Å². The fraction of sp³-hybridized carbons (Fsp3) is 0.708. The van der Waals surface area contributed by atoms with Crippen molar-refractivity contribution in [2.75, 3.05) is 0 Å². The summed E-state index contributed by atoms with van der Waals surface area (Å²) in [7, 11) is 0. The summed E-state index contributed by atoms with van der Waals surface area (Å²) in [4.78, 5) is 13.6. The summed E-state index contributed by atoms with van der Waals surface area (Å²) in [6, 6.07) is 11.8. The molecule has 3 N–H and O–H groups in total. The molecule has 146 valence electrons. The number of carbonyl (C=O) groups is 1. The third-order valence-corrected chi connectivity index (χ3v) is 8.32. The molecular formula is C24H34N2O. The molecule has 2 unspecified atom stereocenters. The van der Waals surface area contributed by atoms with E-state index in [1.165, 1.54) is 24.8 Å². The van der Waals surface area contributed by atoms with Crippen molar-refractivity contribution in [3.8, 4) is 0 Å². The highest BCUT2D eigenvalue weighted by Crippen LogP contribution is 2.70. The van der Waals surface area contributed by atoms with E-state index >= 15 is 0 Å². The first-order valence-electron chi connectivity index (χ1n) is 11.0. The van der Waals surface area contributed by atoms with Gasteiger partial charge in [-0.2, -0.15) is 0 Å². The summed E-state index contributed by atoms with van der Waals surface area (Å²) in [6.07, 6.45) is 11.3. The van der Waals surface area contributed by atoms with Gasteiger partial charge in [0.15, 0.2) is 0 Å². The van der Waals surface area contributed by atoms with Crippen LogP contribution >= 0.6 is 0 Å². The summed E-state index contributed by atoms with van der Waals surface area (Å²) in [5.41, 5.74) is 7.92. The second kappa shape index (κ2) is 6.07. The Hall–Kier alpha value is -1.35. The predicted molar refractivity (Wildman–Crippen MR) is 108 cm³/mol. The van der Waals surface area contributed by atoms with Crippen molar-refractivity contribution in [1.82, 2.24) is 5.32 Å². The number of rotatable bonds is 3. The Kier molecular flexibility index (Phi) is 3.99. The highest BCUT2D eigenvalue weighted by atomic mass is 16.2. The van der Waals surface area contributed by atoms with Gasteiger partial charge in [-0.25, -0.2) is 0 Å². The van der Waals surface area contributed by atoms with Crippen molar-refractivity contribution in [3.05, 3.63) is 35.9 Å². The molecule has 1 amide bonds. The Morgan fingerprint density at radius 3 is 2.44 bits per heavy atom. The zero-order chi connectivity index (χ0) is 18.7. The molecule has 6 rings (SSSR count). The lowest BCUT2D eigenvalue weighted by Gasteiger charge is -2.65. The van der Waals surface area contributed by atoms with Crippen molar-refractivity contribution in [2.45, 2.75) is 88.6 Å². The molecule has 27 heavy (non-hydrogen) atoms. The van der Waals surface area contributed by atoms with Gasteiger partial charge in [0.1, 0.15) is 0 Å². The van der Waals surface area contributed by atoms with Gasteiger partial charge in [0.2, 0.25) is 5.91 Å². The Morgan fingerprint density at radius 1 is 1.00 bits per heavy atom. The second-order valence-electron chi connectivity index (χ2n) is 10.8. The molecule has 0 saturated heterocycles. The monoisotopic (exact) mass is 366 g/mol. The minimum Gasteiger partial charge on any atom is -0.353 e. The Morgan fingerprint density at radius 2 is 1.74 bits per heavy atom. The molecule has 0 aromatic heterocycles. The van der Waals surface area contributed by atoms with Gasteiger partial charge < -0.3 is 11.1 Å². The first kappa shape index (κ1) is 17.7. The van der Waals surface area contributed by atoms with Crippen molar-refractivity contribution in [3.63, 3.8) is 0 Å². The molecule has 5 aliphatic carbocycles. The number of benzene rings is 1. The molecule has 1 aromatic carbocycles. The minimum atomic E-state index is -0.149. The third-order valence-electron chi connectivity index (χ3n) is 8.32. The summed E-state index contributed by atoms with van der Waals surface area (Å²) >= 11 is 0. The van der Waals surface area contributed by atoms with E-state index in [9.17, 15) is 4.79 Å². The molecule has 0 heterocycles. The molecule has 4 bridgehead atoms. The van der Waals surface area contributed by atoms with Crippen LogP contribution in [0.15, 0.2) is 30.3 Å². The van der Waals surface area contributed by atoms with Gasteiger partial charge in [-0.15, -0.1) is 0 Å². The molecule has 5 aliphatic rings. The third kappa shape index (κ3) is 2.93. The average Bonchev–Trinajstić information content (AvgIpc) is 2.62. The highest BCUT2D eigenvalue weighted by molar-refractivity contribution is 5.84. The van der Waals surface area contributed by atoms with Gasteiger partial charge in [-0.3, -0.25) is 4.79 Å². The highest BCUT2D eigenvalue weighted by Gasteiger charge is 2.64. The van der Waals surface area contributed by atoms with Gasteiger partial charge in [-0.1, -0.05) is 37.3 Å². The van der Waals surface area contributed by atoms with Crippen LogP contribution in [0, 0.1) is 16.7 Å². The standard InChI is InChI=1S/C24H34N2O/c1-22-11-17-12-23(14-22,18-5-3-2-4-6-18)16-24(13-17,15-22)21(27)26-20-9-7-19(25)8-10-20/h2-6,17,19-20H,7-16,25H2,1H3,(H,26,27)/t17?,19-,20+,22-,23-,24?/m1/s1. The molecule has 0 aliphatic heterocycles. The molecular weight excluding hydrogens is 332 g/mol. The molecule has 4 atom stereocenters. The van der Waals surface area contributed by atoms with Crippen molar-refractivity contribution < 1.29 is 4.79 Å². The molecule has 1 aromatic rings. The van der Waals surface area contributed by atoms with Crippen LogP contribution in [0.5, 0.6) is 0 Å². The topological polar surface area (TPSA) is 55.1 Å². The number of carbonyl (C=O) groups excluding carboxylic acids is 1. The normalized spacial score (nSPS) is 45.6. The zero-order valence-corrected chi connectivity index (χ0v) is 16.7. The first-order chi connectivity index (χ1) is 12.9. The second-order valence-corrected chi connectivity index (χ2v) is 10.8. The van der Waals surface area contributed by atoms with Gasteiger partial charge >= 0.3 is 0 Å². The Bertz CT molecular complexity index is 725. The van der Waals surface area contributed by atoms with E-state index in [1.807, 2.05) is 0 Å². The summed E-state index contributed by atoms with van der Waals surface area (Å²) in [6.45, 7) is 2.46. The predicted octanol–water partition coefficient (Wildman–Crippen LogP) is 4.30. The fourth-order valence-corrected chi connectivity index (χ4v) is 7.89. The van der Waals surface area contributed by atoms with Crippen molar-refractivity contribution >= 4 is 5.91 Å². The van der Waals surface area contributed by atoms with Crippen LogP contribution in [0.1, 0.15) is 76.7 Å². The van der Waals surface area contributed by atoms with Crippen LogP contribution < -0.4 is 11.1 Å². The number of nitrogens with one attached hydrogen (secondary N) is 1. The maximum atomic E-state index is 13.6. The van der Waals surface area contributed by atoms with Crippen molar-refractivity contribution in [2.24, 2.45) is 22.5 Å². The lowest BCUT2D eigenvalue weighted by atomic mass is 9.38. The zero-order valence-electron chi connectivity index (χ0n) is 16.7. The Balaban J connectivity index is 1.43. The molecule has 5 fully saturated rings. The van der Waals surface area contributed by atoms with Crippen molar-refractivity contribution in [1.29, 1.82) is 0 Å². The number of amides is 1. The largest absolute Gasteiger partial charge is 0.353 e. The van der Waals surface area contributed by atoms with Crippen LogP contribution in [0.2, 0.25) is 0 Å². The summed E-state index contributed by atoms with van der Waals surface area (Å²) in [5, 5.41) is 3.49. The van der Waals surface area contributed by atoms with Gasteiger partial charge in [-0.05, 0) is 86.5 Å². The van der Waals surface area contributed by atoms with Crippen LogP contribution in [0.25, 0.3) is 0 Å². The molecule has 5 saturated carbocycles. The molecule has 3 nitrogen and oxygen atoms in total. The van der Waals surface area contributed by atoms with E-state index in [2.05, 4.69) is 42.6 Å². The fourth-order valence-electron chi connectivity index (χ4n) is 7.89. The maximum absolute atomic E-state index is 13.6. The maximum Gasteiger partial charge on any atom is 0.226 e. The minimum absolute atomic E-state index is 0.149. The average molecular weight is 367 g/mol. The van der Waals surface area contributed by atoms with Gasteiger partial charge in [0, 0.05) is 12.1 Å². The smallest absolute Gasteiger partial charge is 0.226 e. The quantitative estimate of drug-likeness (QED) is 0.838. The van der Waals surface area contributed by atoms with Gasteiger partial charge in [0.05, 0.1) is 5.41 Å². The van der Waals surface area contributed by atoms with Crippen LogP contribution in [0.4, 0.5) is 0 Å². The van der Waals surface area contributed by atoms with Gasteiger partial charge in [0.25, 0.3) is 0 Å². The Labute approximate surface area is 163 Å². The first-order valence-corrected chi connectivity index (χ1v) is 11.0.